The van der Waals surface area contributed by atoms with Gasteiger partial charge >= 0.3 is 12.2 Å². The Kier molecular flexibility index (Phi) is 5.62. The second kappa shape index (κ2) is 7.67. The van der Waals surface area contributed by atoms with E-state index in [0.717, 1.165) is 10.5 Å². The molecule has 24 heavy (non-hydrogen) atoms. The summed E-state index contributed by atoms with van der Waals surface area (Å²) in [6, 6.07) is 8.33. The van der Waals surface area contributed by atoms with E-state index in [4.69, 9.17) is 9.84 Å². The number of carbonyl (C=O) groups excluding carboxylic acids is 2. The van der Waals surface area contributed by atoms with Crippen molar-refractivity contribution < 1.29 is 24.2 Å². The highest BCUT2D eigenvalue weighted by molar-refractivity contribution is 5.86. The second-order valence-electron chi connectivity index (χ2n) is 5.71. The minimum atomic E-state index is -1.11. The van der Waals surface area contributed by atoms with Gasteiger partial charge in [-0.2, -0.15) is 0 Å². The molecule has 8 nitrogen and oxygen atoms in total. The van der Waals surface area contributed by atoms with Gasteiger partial charge in [-0.1, -0.05) is 30.3 Å². The molecule has 1 aliphatic heterocycles. The first-order chi connectivity index (χ1) is 11.4. The van der Waals surface area contributed by atoms with Gasteiger partial charge in [0.1, 0.15) is 12.6 Å². The van der Waals surface area contributed by atoms with Crippen LogP contribution in [-0.4, -0.2) is 77.7 Å². The molecule has 1 atom stereocenters. The first-order valence-electron chi connectivity index (χ1n) is 7.56. The highest BCUT2D eigenvalue weighted by Gasteiger charge is 2.38. The maximum Gasteiger partial charge on any atom is 0.410 e. The third-order valence-electron chi connectivity index (χ3n) is 3.82. The zero-order valence-corrected chi connectivity index (χ0v) is 13.7. The van der Waals surface area contributed by atoms with Gasteiger partial charge in [-0.25, -0.2) is 9.59 Å². The quantitative estimate of drug-likeness (QED) is 0.892. The normalized spacial score (nSPS) is 17.3. The van der Waals surface area contributed by atoms with E-state index >= 15 is 0 Å². The molecule has 2 rings (SSSR count). The van der Waals surface area contributed by atoms with E-state index in [-0.39, 0.29) is 32.1 Å². The number of hydrogen-bond acceptors (Lipinski definition) is 4. The number of carboxylic acid groups (broad SMARTS) is 1. The Morgan fingerprint density at radius 1 is 1.21 bits per heavy atom. The van der Waals surface area contributed by atoms with E-state index in [9.17, 15) is 14.4 Å². The fraction of sp³-hybridized carbons (Fsp3) is 0.438. The Hall–Kier alpha value is -2.77. The van der Waals surface area contributed by atoms with Gasteiger partial charge in [0, 0.05) is 27.2 Å². The minimum Gasteiger partial charge on any atom is -0.465 e. The van der Waals surface area contributed by atoms with Crippen LogP contribution in [0.3, 0.4) is 0 Å². The molecule has 8 heteroatoms. The maximum absolute atomic E-state index is 12.4. The van der Waals surface area contributed by atoms with Crippen LogP contribution >= 0.6 is 0 Å². The Morgan fingerprint density at radius 3 is 2.46 bits per heavy atom. The van der Waals surface area contributed by atoms with Gasteiger partial charge in [-0.15, -0.1) is 0 Å². The molecular weight excluding hydrogens is 314 g/mol. The van der Waals surface area contributed by atoms with Gasteiger partial charge in [-0.3, -0.25) is 9.69 Å². The minimum absolute atomic E-state index is 0.0627. The predicted molar refractivity (Wildman–Crippen MR) is 85.4 cm³/mol. The number of likely N-dealkylation sites (N-methyl/N-ethyl adjacent to an activating group) is 1. The lowest BCUT2D eigenvalue weighted by atomic mass is 10.1. The molecule has 1 N–H and O–H groups in total. The molecule has 1 saturated heterocycles. The fourth-order valence-electron chi connectivity index (χ4n) is 2.49. The second-order valence-corrected chi connectivity index (χ2v) is 5.71. The van der Waals surface area contributed by atoms with Crippen molar-refractivity contribution in [2.24, 2.45) is 0 Å². The molecule has 0 aromatic heterocycles. The van der Waals surface area contributed by atoms with E-state index in [1.807, 2.05) is 30.3 Å². The summed E-state index contributed by atoms with van der Waals surface area (Å²) < 4.78 is 5.27. The topological polar surface area (TPSA) is 90.4 Å². The van der Waals surface area contributed by atoms with Gasteiger partial charge in [0.2, 0.25) is 5.91 Å². The van der Waals surface area contributed by atoms with E-state index in [1.165, 1.54) is 9.80 Å². The Bertz CT molecular complexity index is 605. The zero-order chi connectivity index (χ0) is 17.7. The van der Waals surface area contributed by atoms with Crippen molar-refractivity contribution in [2.75, 3.05) is 33.7 Å². The molecule has 1 heterocycles. The van der Waals surface area contributed by atoms with Gasteiger partial charge in [0.05, 0.1) is 6.54 Å². The number of rotatable bonds is 3. The highest BCUT2D eigenvalue weighted by atomic mass is 16.6. The summed E-state index contributed by atoms with van der Waals surface area (Å²) in [6.45, 7) is 0.297. The first-order valence-corrected chi connectivity index (χ1v) is 7.56. The molecule has 130 valence electrons. The van der Waals surface area contributed by atoms with Crippen LogP contribution in [-0.2, 0) is 16.1 Å². The lowest BCUT2D eigenvalue weighted by molar-refractivity contribution is -0.135. The number of hydrogen-bond donors (Lipinski definition) is 1. The Labute approximate surface area is 140 Å². The standard InChI is InChI=1S/C16H21N3O5/c1-17(2)14(20)13-10-18(15(21)22)8-9-19(13)16(23)24-11-12-6-4-3-5-7-12/h3-7,13H,8-11H2,1-2H3,(H,21,22). The molecule has 1 aliphatic rings. The largest absolute Gasteiger partial charge is 0.465 e. The summed E-state index contributed by atoms with van der Waals surface area (Å²) in [6.07, 6.45) is -1.73. The molecule has 3 amide bonds. The third kappa shape index (κ3) is 4.15. The SMILES string of the molecule is CN(C)C(=O)C1CN(C(=O)O)CCN1C(=O)OCc1ccccc1. The summed E-state index contributed by atoms with van der Waals surface area (Å²) in [5, 5.41) is 9.12. The Morgan fingerprint density at radius 2 is 1.88 bits per heavy atom. The lowest BCUT2D eigenvalue weighted by Gasteiger charge is -2.39. The van der Waals surface area contributed by atoms with Crippen molar-refractivity contribution in [3.8, 4) is 0 Å². The van der Waals surface area contributed by atoms with Crippen molar-refractivity contribution in [3.05, 3.63) is 35.9 Å². The molecule has 1 unspecified atom stereocenters. The number of carbonyl (C=O) groups is 3. The van der Waals surface area contributed by atoms with E-state index in [2.05, 4.69) is 0 Å². The average Bonchev–Trinajstić information content (AvgIpc) is 2.59. The van der Waals surface area contributed by atoms with Crippen LogP contribution in [0.1, 0.15) is 5.56 Å². The van der Waals surface area contributed by atoms with Crippen molar-refractivity contribution in [1.82, 2.24) is 14.7 Å². The van der Waals surface area contributed by atoms with Crippen molar-refractivity contribution in [3.63, 3.8) is 0 Å². The van der Waals surface area contributed by atoms with Gasteiger partial charge < -0.3 is 19.6 Å². The van der Waals surface area contributed by atoms with Crippen LogP contribution in [0.15, 0.2) is 30.3 Å². The monoisotopic (exact) mass is 335 g/mol. The zero-order valence-electron chi connectivity index (χ0n) is 13.7. The lowest BCUT2D eigenvalue weighted by Crippen LogP contribution is -2.61. The van der Waals surface area contributed by atoms with Crippen LogP contribution in [0.5, 0.6) is 0 Å². The highest BCUT2D eigenvalue weighted by Crippen LogP contribution is 2.14. The molecule has 0 bridgehead atoms. The Balaban J connectivity index is 2.06. The van der Waals surface area contributed by atoms with Crippen molar-refractivity contribution >= 4 is 18.1 Å². The van der Waals surface area contributed by atoms with Gasteiger partial charge in [0.15, 0.2) is 0 Å². The van der Waals surface area contributed by atoms with Crippen molar-refractivity contribution in [2.45, 2.75) is 12.6 Å². The number of piperazine rings is 1. The van der Waals surface area contributed by atoms with E-state index < -0.39 is 18.2 Å². The number of ether oxygens (including phenoxy) is 1. The van der Waals surface area contributed by atoms with Crippen LogP contribution in [0.2, 0.25) is 0 Å². The summed E-state index contributed by atoms with van der Waals surface area (Å²) in [5.74, 6) is -0.336. The molecular formula is C16H21N3O5. The van der Waals surface area contributed by atoms with Crippen LogP contribution < -0.4 is 0 Å². The smallest absolute Gasteiger partial charge is 0.410 e. The van der Waals surface area contributed by atoms with Crippen LogP contribution in [0.4, 0.5) is 9.59 Å². The summed E-state index contributed by atoms with van der Waals surface area (Å²) in [4.78, 5) is 39.6. The van der Waals surface area contributed by atoms with Crippen LogP contribution in [0, 0.1) is 0 Å². The third-order valence-corrected chi connectivity index (χ3v) is 3.82. The molecule has 0 spiro atoms. The number of nitrogens with zero attached hydrogens (tertiary/aromatic N) is 3. The van der Waals surface area contributed by atoms with E-state index in [0.29, 0.717) is 0 Å². The fourth-order valence-corrected chi connectivity index (χ4v) is 2.49. The average molecular weight is 335 g/mol. The first kappa shape index (κ1) is 17.6. The number of amides is 3. The maximum atomic E-state index is 12.4. The van der Waals surface area contributed by atoms with E-state index in [1.54, 1.807) is 14.1 Å². The molecule has 1 aromatic carbocycles. The molecule has 0 radical (unpaired) electrons. The summed E-state index contributed by atoms with van der Waals surface area (Å²) in [7, 11) is 3.13. The molecule has 0 aliphatic carbocycles. The van der Waals surface area contributed by atoms with Gasteiger partial charge in [-0.05, 0) is 5.56 Å². The molecule has 1 fully saturated rings. The van der Waals surface area contributed by atoms with Crippen LogP contribution in [0.25, 0.3) is 0 Å². The molecule has 0 saturated carbocycles. The molecule has 1 aromatic rings. The van der Waals surface area contributed by atoms with Gasteiger partial charge in [0.25, 0.3) is 0 Å². The number of benzene rings is 1. The summed E-state index contributed by atoms with van der Waals surface area (Å²) in [5.41, 5.74) is 0.838. The summed E-state index contributed by atoms with van der Waals surface area (Å²) >= 11 is 0. The predicted octanol–water partition coefficient (Wildman–Crippen LogP) is 1.08. The van der Waals surface area contributed by atoms with Crippen molar-refractivity contribution in [1.29, 1.82) is 0 Å².